The molecule has 0 saturated heterocycles. The predicted molar refractivity (Wildman–Crippen MR) is 118 cm³/mol. The first kappa shape index (κ1) is 20.9. The minimum absolute atomic E-state index is 0.157. The van der Waals surface area contributed by atoms with Crippen molar-refractivity contribution in [3.05, 3.63) is 89.0 Å². The molecule has 0 fully saturated rings. The van der Waals surface area contributed by atoms with Gasteiger partial charge in [-0.2, -0.15) is 5.10 Å². The van der Waals surface area contributed by atoms with Crippen LogP contribution in [-0.2, 0) is 6.61 Å². The first-order chi connectivity index (χ1) is 14.6. The van der Waals surface area contributed by atoms with Gasteiger partial charge < -0.3 is 14.6 Å². The van der Waals surface area contributed by atoms with Gasteiger partial charge in [0, 0.05) is 0 Å². The summed E-state index contributed by atoms with van der Waals surface area (Å²) < 4.78 is 11.7. The Morgan fingerprint density at radius 3 is 2.63 bits per heavy atom. The van der Waals surface area contributed by atoms with Crippen LogP contribution in [0.4, 0.5) is 5.69 Å². The van der Waals surface area contributed by atoms with Gasteiger partial charge in [0.15, 0.2) is 11.5 Å². The number of anilines is 1. The Kier molecular flexibility index (Phi) is 7.05. The summed E-state index contributed by atoms with van der Waals surface area (Å²) in [6.45, 7) is 4.91. The van der Waals surface area contributed by atoms with Crippen molar-refractivity contribution < 1.29 is 19.4 Å². The third kappa shape index (κ3) is 5.61. The van der Waals surface area contributed by atoms with Crippen LogP contribution in [0.15, 0.2) is 71.8 Å². The van der Waals surface area contributed by atoms with E-state index in [4.69, 9.17) is 9.47 Å². The zero-order chi connectivity index (χ0) is 21.3. The van der Waals surface area contributed by atoms with Crippen molar-refractivity contribution >= 4 is 17.9 Å². The molecule has 3 aromatic carbocycles. The smallest absolute Gasteiger partial charge is 0.337 e. The lowest BCUT2D eigenvalue weighted by Gasteiger charge is -2.13. The van der Waals surface area contributed by atoms with Gasteiger partial charge in [-0.3, -0.25) is 5.43 Å². The van der Waals surface area contributed by atoms with Crippen molar-refractivity contribution in [2.45, 2.75) is 20.5 Å². The molecular formula is C24H24N2O4. The summed E-state index contributed by atoms with van der Waals surface area (Å²) in [5.41, 5.74) is 6.42. The van der Waals surface area contributed by atoms with Gasteiger partial charge >= 0.3 is 5.97 Å². The summed E-state index contributed by atoms with van der Waals surface area (Å²) in [4.78, 5) is 11.3. The lowest BCUT2D eigenvalue weighted by Crippen LogP contribution is -2.02. The Morgan fingerprint density at radius 1 is 1.03 bits per heavy atom. The molecule has 6 heteroatoms. The van der Waals surface area contributed by atoms with Gasteiger partial charge in [0.2, 0.25) is 0 Å². The molecule has 0 heterocycles. The quantitative estimate of drug-likeness (QED) is 0.382. The minimum atomic E-state index is -1.01. The number of hydrazone groups is 1. The van der Waals surface area contributed by atoms with E-state index in [9.17, 15) is 9.90 Å². The maximum atomic E-state index is 11.3. The molecular weight excluding hydrogens is 380 g/mol. The lowest BCUT2D eigenvalue weighted by molar-refractivity contribution is 0.0698. The molecule has 0 aromatic heterocycles. The maximum Gasteiger partial charge on any atom is 0.337 e. The Labute approximate surface area is 175 Å². The fourth-order valence-electron chi connectivity index (χ4n) is 2.90. The molecule has 0 amide bonds. The number of carboxylic acid groups (broad SMARTS) is 1. The monoisotopic (exact) mass is 404 g/mol. The van der Waals surface area contributed by atoms with Crippen molar-refractivity contribution in [2.75, 3.05) is 12.0 Å². The number of para-hydroxylation sites is 1. The van der Waals surface area contributed by atoms with Gasteiger partial charge in [0.25, 0.3) is 0 Å². The average molecular weight is 404 g/mol. The zero-order valence-corrected chi connectivity index (χ0v) is 17.0. The number of ether oxygens (including phenoxy) is 2. The second-order valence-corrected chi connectivity index (χ2v) is 6.64. The van der Waals surface area contributed by atoms with E-state index >= 15 is 0 Å². The number of nitrogens with one attached hydrogen (secondary N) is 1. The average Bonchev–Trinajstić information content (AvgIpc) is 2.74. The third-order valence-corrected chi connectivity index (χ3v) is 4.30. The van der Waals surface area contributed by atoms with Crippen LogP contribution < -0.4 is 14.9 Å². The molecule has 0 saturated carbocycles. The first-order valence-electron chi connectivity index (χ1n) is 9.63. The van der Waals surface area contributed by atoms with E-state index in [0.29, 0.717) is 30.4 Å². The molecule has 0 radical (unpaired) electrons. The normalized spacial score (nSPS) is 10.7. The second-order valence-electron chi connectivity index (χ2n) is 6.64. The van der Waals surface area contributed by atoms with Crippen LogP contribution in [-0.4, -0.2) is 23.9 Å². The van der Waals surface area contributed by atoms with Crippen molar-refractivity contribution in [3.8, 4) is 11.5 Å². The number of aromatic carboxylic acids is 1. The summed E-state index contributed by atoms with van der Waals surface area (Å²) in [7, 11) is 0. The van der Waals surface area contributed by atoms with Gasteiger partial charge in [-0.25, -0.2) is 4.79 Å². The molecule has 0 atom stereocenters. The summed E-state index contributed by atoms with van der Waals surface area (Å²) in [6.07, 6.45) is 1.60. The number of rotatable bonds is 9. The van der Waals surface area contributed by atoms with Gasteiger partial charge in [0.1, 0.15) is 6.61 Å². The highest BCUT2D eigenvalue weighted by molar-refractivity contribution is 5.94. The molecule has 154 valence electrons. The number of benzene rings is 3. The Balaban J connectivity index is 1.71. The number of carbonyl (C=O) groups is 1. The highest BCUT2D eigenvalue weighted by Crippen LogP contribution is 2.29. The molecule has 0 spiro atoms. The van der Waals surface area contributed by atoms with Gasteiger partial charge in [0.05, 0.1) is 24.1 Å². The van der Waals surface area contributed by atoms with Crippen LogP contribution in [0.3, 0.4) is 0 Å². The van der Waals surface area contributed by atoms with Crippen LogP contribution in [0.25, 0.3) is 0 Å². The molecule has 3 rings (SSSR count). The highest BCUT2D eigenvalue weighted by Gasteiger charge is 2.09. The lowest BCUT2D eigenvalue weighted by atomic mass is 10.1. The molecule has 0 aliphatic carbocycles. The second kappa shape index (κ2) is 10.1. The van der Waals surface area contributed by atoms with Crippen molar-refractivity contribution in [3.63, 3.8) is 0 Å². The molecule has 6 nitrogen and oxygen atoms in total. The number of hydrogen-bond donors (Lipinski definition) is 2. The number of nitrogens with zero attached hydrogens (tertiary/aromatic N) is 1. The number of aryl methyl sites for hydroxylation is 1. The molecule has 0 aliphatic heterocycles. The minimum Gasteiger partial charge on any atom is -0.490 e. The van der Waals surface area contributed by atoms with Crippen LogP contribution >= 0.6 is 0 Å². The fraction of sp³-hybridized carbons (Fsp3) is 0.167. The summed E-state index contributed by atoms with van der Waals surface area (Å²) in [5.74, 6) is 0.266. The molecule has 0 unspecified atom stereocenters. The molecule has 2 N–H and O–H groups in total. The van der Waals surface area contributed by atoms with E-state index < -0.39 is 5.97 Å². The van der Waals surface area contributed by atoms with E-state index in [1.165, 1.54) is 11.6 Å². The fourth-order valence-corrected chi connectivity index (χ4v) is 2.90. The first-order valence-corrected chi connectivity index (χ1v) is 9.63. The molecule has 30 heavy (non-hydrogen) atoms. The van der Waals surface area contributed by atoms with E-state index in [1.54, 1.807) is 24.4 Å². The van der Waals surface area contributed by atoms with Gasteiger partial charge in [-0.1, -0.05) is 42.0 Å². The zero-order valence-electron chi connectivity index (χ0n) is 17.0. The number of hydrogen-bond acceptors (Lipinski definition) is 5. The van der Waals surface area contributed by atoms with E-state index in [1.807, 2.05) is 50.2 Å². The molecule has 3 aromatic rings. The van der Waals surface area contributed by atoms with E-state index in [-0.39, 0.29) is 5.56 Å². The van der Waals surface area contributed by atoms with E-state index in [0.717, 1.165) is 11.1 Å². The van der Waals surface area contributed by atoms with Crippen LogP contribution in [0.5, 0.6) is 11.5 Å². The maximum absolute atomic E-state index is 11.3. The van der Waals surface area contributed by atoms with Gasteiger partial charge in [-0.15, -0.1) is 0 Å². The van der Waals surface area contributed by atoms with Crippen molar-refractivity contribution in [2.24, 2.45) is 5.10 Å². The Bertz CT molecular complexity index is 1050. The Morgan fingerprint density at radius 2 is 1.87 bits per heavy atom. The van der Waals surface area contributed by atoms with Crippen LogP contribution in [0.2, 0.25) is 0 Å². The van der Waals surface area contributed by atoms with Crippen LogP contribution in [0.1, 0.15) is 34.0 Å². The molecule has 0 aliphatic rings. The van der Waals surface area contributed by atoms with E-state index in [2.05, 4.69) is 16.6 Å². The topological polar surface area (TPSA) is 80.2 Å². The summed E-state index contributed by atoms with van der Waals surface area (Å²) in [5, 5.41) is 13.4. The SMILES string of the molecule is CCOc1cc(/C=N/Nc2ccccc2C(=O)O)ccc1OCc1cccc(C)c1. The predicted octanol–water partition coefficient (Wildman–Crippen LogP) is 5.12. The summed E-state index contributed by atoms with van der Waals surface area (Å²) in [6, 6.07) is 20.3. The largest absolute Gasteiger partial charge is 0.490 e. The summed E-state index contributed by atoms with van der Waals surface area (Å²) >= 11 is 0. The number of carboxylic acids is 1. The van der Waals surface area contributed by atoms with Gasteiger partial charge in [-0.05, 0) is 55.3 Å². The third-order valence-electron chi connectivity index (χ3n) is 4.30. The molecule has 0 bridgehead atoms. The Hall–Kier alpha value is -3.80. The van der Waals surface area contributed by atoms with Crippen molar-refractivity contribution in [1.82, 2.24) is 0 Å². The standard InChI is InChI=1S/C24H24N2O4/c1-3-29-23-14-18(15-25-26-21-10-5-4-9-20(21)24(27)28)11-12-22(23)30-16-19-8-6-7-17(2)13-19/h4-15,26H,3,16H2,1-2H3,(H,27,28)/b25-15+. The highest BCUT2D eigenvalue weighted by atomic mass is 16.5. The van der Waals surface area contributed by atoms with Crippen LogP contribution in [0, 0.1) is 6.92 Å². The van der Waals surface area contributed by atoms with Crippen molar-refractivity contribution in [1.29, 1.82) is 0 Å².